The van der Waals surface area contributed by atoms with Gasteiger partial charge in [0.25, 0.3) is 0 Å². The van der Waals surface area contributed by atoms with Crippen LogP contribution in [0.1, 0.15) is 28.3 Å². The lowest BCUT2D eigenvalue weighted by Gasteiger charge is -2.38. The molecule has 0 aromatic heterocycles. The van der Waals surface area contributed by atoms with E-state index >= 15 is 0 Å². The standard InChI is InChI=1S/C19H20BrN3/c20-18-13-14-5-1-2-6-15(14)19(17-8-4-3-7-16(17)18)22-9-11-23(21)12-10-22/h1-8,13,19H,9-12,21H2. The molecule has 2 N–H and O–H groups in total. The predicted molar refractivity (Wildman–Crippen MR) is 98.9 cm³/mol. The molecule has 2 aromatic rings. The van der Waals surface area contributed by atoms with E-state index in [1.54, 1.807) is 0 Å². The summed E-state index contributed by atoms with van der Waals surface area (Å²) in [6.07, 6.45) is 2.24. The van der Waals surface area contributed by atoms with Crippen molar-refractivity contribution in [3.05, 3.63) is 70.8 Å². The van der Waals surface area contributed by atoms with E-state index in [4.69, 9.17) is 5.84 Å². The molecular formula is C19H20BrN3. The zero-order valence-corrected chi connectivity index (χ0v) is 14.5. The quantitative estimate of drug-likeness (QED) is 0.781. The summed E-state index contributed by atoms with van der Waals surface area (Å²) >= 11 is 3.78. The maximum Gasteiger partial charge on any atom is 0.0614 e. The van der Waals surface area contributed by atoms with E-state index in [9.17, 15) is 0 Å². The van der Waals surface area contributed by atoms with E-state index in [1.807, 2.05) is 5.01 Å². The van der Waals surface area contributed by atoms with Crippen molar-refractivity contribution in [2.75, 3.05) is 26.2 Å². The molecule has 0 bridgehead atoms. The van der Waals surface area contributed by atoms with Gasteiger partial charge in [-0.3, -0.25) is 10.7 Å². The molecule has 0 radical (unpaired) electrons. The Labute approximate surface area is 145 Å². The van der Waals surface area contributed by atoms with Crippen LogP contribution in [0.15, 0.2) is 48.5 Å². The fraction of sp³-hybridized carbons (Fsp3) is 0.263. The van der Waals surface area contributed by atoms with Crippen LogP contribution >= 0.6 is 15.9 Å². The van der Waals surface area contributed by atoms with Crippen molar-refractivity contribution in [1.82, 2.24) is 9.91 Å². The van der Waals surface area contributed by atoms with Crippen molar-refractivity contribution >= 4 is 26.5 Å². The third-order valence-corrected chi connectivity index (χ3v) is 5.46. The number of piperazine rings is 1. The Hall–Kier alpha value is -1.46. The summed E-state index contributed by atoms with van der Waals surface area (Å²) in [5, 5.41) is 1.92. The van der Waals surface area contributed by atoms with Crippen LogP contribution in [0, 0.1) is 0 Å². The van der Waals surface area contributed by atoms with Crippen molar-refractivity contribution in [3.8, 4) is 0 Å². The minimum Gasteiger partial charge on any atom is -0.290 e. The van der Waals surface area contributed by atoms with E-state index in [2.05, 4.69) is 75.4 Å². The Morgan fingerprint density at radius 2 is 1.52 bits per heavy atom. The molecule has 2 aromatic carbocycles. The van der Waals surface area contributed by atoms with E-state index in [0.717, 1.165) is 30.7 Å². The Kier molecular flexibility index (Phi) is 4.07. The molecular weight excluding hydrogens is 350 g/mol. The number of rotatable bonds is 1. The second kappa shape index (κ2) is 6.21. The summed E-state index contributed by atoms with van der Waals surface area (Å²) in [7, 11) is 0. The second-order valence-corrected chi connectivity index (χ2v) is 7.04. The maximum absolute atomic E-state index is 5.96. The molecule has 1 aliphatic heterocycles. The molecule has 0 amide bonds. The highest BCUT2D eigenvalue weighted by atomic mass is 79.9. The molecule has 4 rings (SSSR count). The minimum absolute atomic E-state index is 0.280. The molecule has 3 nitrogen and oxygen atoms in total. The SMILES string of the molecule is NN1CCN(C2c3ccccc3C=C(Br)c3ccccc32)CC1. The molecule has 0 saturated carbocycles. The van der Waals surface area contributed by atoms with Crippen molar-refractivity contribution in [2.45, 2.75) is 6.04 Å². The van der Waals surface area contributed by atoms with Crippen LogP contribution in [0.2, 0.25) is 0 Å². The van der Waals surface area contributed by atoms with Crippen LogP contribution < -0.4 is 5.84 Å². The largest absolute Gasteiger partial charge is 0.290 e. The molecule has 1 aliphatic carbocycles. The van der Waals surface area contributed by atoms with Crippen molar-refractivity contribution in [1.29, 1.82) is 0 Å². The maximum atomic E-state index is 5.96. The van der Waals surface area contributed by atoms with Gasteiger partial charge in [0.1, 0.15) is 0 Å². The van der Waals surface area contributed by atoms with Crippen LogP contribution in [-0.2, 0) is 0 Å². The van der Waals surface area contributed by atoms with E-state index in [-0.39, 0.29) is 6.04 Å². The Balaban J connectivity index is 1.87. The number of nitrogens with two attached hydrogens (primary N) is 1. The average Bonchev–Trinajstić information content (AvgIpc) is 2.70. The molecule has 1 unspecified atom stereocenters. The first-order chi connectivity index (χ1) is 11.2. The average molecular weight is 370 g/mol. The fourth-order valence-corrected chi connectivity index (χ4v) is 4.22. The zero-order valence-electron chi connectivity index (χ0n) is 13.0. The fourth-order valence-electron chi connectivity index (χ4n) is 3.62. The molecule has 1 atom stereocenters. The van der Waals surface area contributed by atoms with Gasteiger partial charge >= 0.3 is 0 Å². The minimum atomic E-state index is 0.280. The van der Waals surface area contributed by atoms with Crippen molar-refractivity contribution < 1.29 is 0 Å². The lowest BCUT2D eigenvalue weighted by atomic mass is 9.92. The summed E-state index contributed by atoms with van der Waals surface area (Å²) < 4.78 is 1.15. The summed E-state index contributed by atoms with van der Waals surface area (Å²) in [4.78, 5) is 2.56. The topological polar surface area (TPSA) is 32.5 Å². The van der Waals surface area contributed by atoms with Gasteiger partial charge < -0.3 is 0 Å². The molecule has 23 heavy (non-hydrogen) atoms. The first-order valence-corrected chi connectivity index (χ1v) is 8.82. The van der Waals surface area contributed by atoms with Gasteiger partial charge in [-0.15, -0.1) is 0 Å². The number of benzene rings is 2. The van der Waals surface area contributed by atoms with Crippen molar-refractivity contribution in [2.24, 2.45) is 5.84 Å². The van der Waals surface area contributed by atoms with Crippen LogP contribution in [-0.4, -0.2) is 36.1 Å². The molecule has 1 saturated heterocycles. The van der Waals surface area contributed by atoms with Crippen molar-refractivity contribution in [3.63, 3.8) is 0 Å². The monoisotopic (exact) mass is 369 g/mol. The van der Waals surface area contributed by atoms with Gasteiger partial charge in [0, 0.05) is 30.7 Å². The molecule has 1 heterocycles. The summed E-state index contributed by atoms with van der Waals surface area (Å²) in [6, 6.07) is 17.7. The first-order valence-electron chi connectivity index (χ1n) is 8.03. The molecule has 118 valence electrons. The summed E-state index contributed by atoms with van der Waals surface area (Å²) in [5.41, 5.74) is 5.31. The highest BCUT2D eigenvalue weighted by Gasteiger charge is 2.30. The Morgan fingerprint density at radius 1 is 0.870 bits per heavy atom. The number of hydrogen-bond acceptors (Lipinski definition) is 3. The zero-order chi connectivity index (χ0) is 15.8. The number of hydrazine groups is 1. The Morgan fingerprint density at radius 3 is 2.30 bits per heavy atom. The third-order valence-electron chi connectivity index (χ3n) is 4.80. The van der Waals surface area contributed by atoms with Gasteiger partial charge in [-0.2, -0.15) is 0 Å². The summed E-state index contributed by atoms with van der Waals surface area (Å²) in [5.74, 6) is 5.96. The van der Waals surface area contributed by atoms with E-state index in [0.29, 0.717) is 0 Å². The lowest BCUT2D eigenvalue weighted by Crippen LogP contribution is -2.50. The molecule has 4 heteroatoms. The highest BCUT2D eigenvalue weighted by Crippen LogP contribution is 2.41. The number of hydrogen-bond donors (Lipinski definition) is 1. The van der Waals surface area contributed by atoms with Gasteiger partial charge in [0.15, 0.2) is 0 Å². The number of halogens is 1. The van der Waals surface area contributed by atoms with Gasteiger partial charge in [-0.25, -0.2) is 5.01 Å². The van der Waals surface area contributed by atoms with Crippen LogP contribution in [0.4, 0.5) is 0 Å². The van der Waals surface area contributed by atoms with Gasteiger partial charge in [-0.1, -0.05) is 64.5 Å². The predicted octanol–water partition coefficient (Wildman–Crippen LogP) is 3.47. The van der Waals surface area contributed by atoms with Crippen LogP contribution in [0.25, 0.3) is 10.6 Å². The van der Waals surface area contributed by atoms with Gasteiger partial charge in [0.2, 0.25) is 0 Å². The highest BCUT2D eigenvalue weighted by molar-refractivity contribution is 9.15. The van der Waals surface area contributed by atoms with Crippen LogP contribution in [0.3, 0.4) is 0 Å². The van der Waals surface area contributed by atoms with E-state index in [1.165, 1.54) is 22.3 Å². The smallest absolute Gasteiger partial charge is 0.0614 e. The van der Waals surface area contributed by atoms with E-state index < -0.39 is 0 Å². The second-order valence-electron chi connectivity index (χ2n) is 6.18. The van der Waals surface area contributed by atoms with Gasteiger partial charge in [0.05, 0.1) is 6.04 Å². The van der Waals surface area contributed by atoms with Crippen LogP contribution in [0.5, 0.6) is 0 Å². The third kappa shape index (κ3) is 2.76. The summed E-state index contributed by atoms with van der Waals surface area (Å²) in [6.45, 7) is 3.80. The normalized spacial score (nSPS) is 22.0. The number of fused-ring (bicyclic) bond motifs is 2. The first kappa shape index (κ1) is 15.1. The lowest BCUT2D eigenvalue weighted by molar-refractivity contribution is 0.110. The van der Waals surface area contributed by atoms with Gasteiger partial charge in [-0.05, 0) is 28.3 Å². The molecule has 2 aliphatic rings. The molecule has 1 fully saturated rings. The Bertz CT molecular complexity index is 748. The molecule has 0 spiro atoms. The number of nitrogens with zero attached hydrogens (tertiary/aromatic N) is 2.